The molecule has 0 saturated carbocycles. The number of benzene rings is 1. The van der Waals surface area contributed by atoms with E-state index in [2.05, 4.69) is 4.74 Å². The number of hydrogen-bond acceptors (Lipinski definition) is 4. The highest BCUT2D eigenvalue weighted by molar-refractivity contribution is 8.00. The van der Waals surface area contributed by atoms with Crippen LogP contribution in [-0.4, -0.2) is 18.1 Å². The van der Waals surface area contributed by atoms with Crippen LogP contribution in [0.4, 0.5) is 26.3 Å². The Hall–Kier alpha value is -1.89. The quantitative estimate of drug-likeness (QED) is 0.458. The van der Waals surface area contributed by atoms with Crippen LogP contribution in [0.2, 0.25) is 0 Å². The topological polar surface area (TPSA) is 50.1 Å². The molecule has 1 aromatic rings. The van der Waals surface area contributed by atoms with Crippen LogP contribution in [0.3, 0.4) is 0 Å². The monoisotopic (exact) mass is 357 g/mol. The number of carbonyl (C=O) groups is 1. The first-order valence-corrected chi connectivity index (χ1v) is 6.85. The SMILES string of the molecule is CCOC(=O)Cc1cc(C(F)(F)F)cc(SC(F)(F)F)c1C#N. The van der Waals surface area contributed by atoms with Crippen molar-refractivity contribution in [1.29, 1.82) is 5.26 Å². The Morgan fingerprint density at radius 1 is 1.26 bits per heavy atom. The summed E-state index contributed by atoms with van der Waals surface area (Å²) in [5.74, 6) is -0.939. The first-order chi connectivity index (χ1) is 10.5. The lowest BCUT2D eigenvalue weighted by Gasteiger charge is -2.15. The molecule has 0 spiro atoms. The molecule has 0 aliphatic carbocycles. The van der Waals surface area contributed by atoms with E-state index in [-0.39, 0.29) is 12.7 Å². The summed E-state index contributed by atoms with van der Waals surface area (Å²) in [4.78, 5) is 10.5. The van der Waals surface area contributed by atoms with Crippen LogP contribution < -0.4 is 0 Å². The minimum Gasteiger partial charge on any atom is -0.466 e. The molecule has 0 saturated heterocycles. The lowest BCUT2D eigenvalue weighted by atomic mass is 10.0. The van der Waals surface area contributed by atoms with Crippen LogP contribution in [0, 0.1) is 11.3 Å². The number of thioether (sulfide) groups is 1. The van der Waals surface area contributed by atoms with Crippen molar-refractivity contribution < 1.29 is 35.9 Å². The summed E-state index contributed by atoms with van der Waals surface area (Å²) in [5, 5.41) is 8.97. The lowest BCUT2D eigenvalue weighted by Crippen LogP contribution is -2.13. The first kappa shape index (κ1) is 19.2. The minimum absolute atomic E-state index is 0.0517. The second-order valence-corrected chi connectivity index (χ2v) is 5.25. The molecule has 0 radical (unpaired) electrons. The molecule has 0 amide bonds. The van der Waals surface area contributed by atoms with E-state index in [0.717, 1.165) is 0 Å². The van der Waals surface area contributed by atoms with Crippen molar-refractivity contribution in [1.82, 2.24) is 0 Å². The van der Waals surface area contributed by atoms with Gasteiger partial charge in [-0.05, 0) is 36.4 Å². The molecule has 23 heavy (non-hydrogen) atoms. The Labute approximate surface area is 131 Å². The summed E-state index contributed by atoms with van der Waals surface area (Å²) in [5.41, 5.74) is -7.35. The molecule has 0 N–H and O–H groups in total. The van der Waals surface area contributed by atoms with Gasteiger partial charge >= 0.3 is 17.7 Å². The van der Waals surface area contributed by atoms with Crippen molar-refractivity contribution in [2.45, 2.75) is 29.9 Å². The van der Waals surface area contributed by atoms with Crippen LogP contribution in [0.5, 0.6) is 0 Å². The number of alkyl halides is 6. The van der Waals surface area contributed by atoms with Crippen molar-refractivity contribution in [2.24, 2.45) is 0 Å². The number of nitriles is 1. The fourth-order valence-corrected chi connectivity index (χ4v) is 2.39. The number of carbonyl (C=O) groups excluding carboxylic acids is 1. The number of hydrogen-bond donors (Lipinski definition) is 0. The zero-order chi connectivity index (χ0) is 17.8. The number of rotatable bonds is 4. The molecule has 10 heteroatoms. The average molecular weight is 357 g/mol. The summed E-state index contributed by atoms with van der Waals surface area (Å²) in [6.07, 6.45) is -5.65. The highest BCUT2D eigenvalue weighted by atomic mass is 32.2. The molecule has 126 valence electrons. The van der Waals surface area contributed by atoms with E-state index < -0.39 is 57.4 Å². The molecular weight excluding hydrogens is 348 g/mol. The molecule has 0 atom stereocenters. The molecular formula is C13H9F6NO2S. The Kier molecular flexibility index (Phi) is 5.93. The molecule has 0 heterocycles. The van der Waals surface area contributed by atoms with E-state index in [1.54, 1.807) is 0 Å². The third-order valence-electron chi connectivity index (χ3n) is 2.49. The van der Waals surface area contributed by atoms with Gasteiger partial charge in [0.2, 0.25) is 0 Å². The van der Waals surface area contributed by atoms with Crippen molar-refractivity contribution in [3.63, 3.8) is 0 Å². The Balaban J connectivity index is 3.44. The third kappa shape index (κ3) is 5.67. The van der Waals surface area contributed by atoms with Gasteiger partial charge in [0, 0.05) is 4.90 Å². The van der Waals surface area contributed by atoms with Crippen molar-refractivity contribution in [2.75, 3.05) is 6.61 Å². The van der Waals surface area contributed by atoms with Crippen molar-refractivity contribution in [3.05, 3.63) is 28.8 Å². The zero-order valence-electron chi connectivity index (χ0n) is 11.5. The highest BCUT2D eigenvalue weighted by Gasteiger charge is 2.36. The summed E-state index contributed by atoms with van der Waals surface area (Å²) in [6, 6.07) is 2.14. The van der Waals surface area contributed by atoms with Gasteiger partial charge in [0.15, 0.2) is 0 Å². The van der Waals surface area contributed by atoms with Gasteiger partial charge in [-0.1, -0.05) is 0 Å². The fraction of sp³-hybridized carbons (Fsp3) is 0.385. The predicted molar refractivity (Wildman–Crippen MR) is 68.4 cm³/mol. The highest BCUT2D eigenvalue weighted by Crippen LogP contribution is 2.42. The van der Waals surface area contributed by atoms with Gasteiger partial charge in [-0.25, -0.2) is 0 Å². The van der Waals surface area contributed by atoms with Gasteiger partial charge in [-0.2, -0.15) is 31.6 Å². The fourth-order valence-electron chi connectivity index (χ4n) is 1.68. The smallest absolute Gasteiger partial charge is 0.446 e. The average Bonchev–Trinajstić information content (AvgIpc) is 2.35. The van der Waals surface area contributed by atoms with Crippen LogP contribution in [0.25, 0.3) is 0 Å². The summed E-state index contributed by atoms with van der Waals surface area (Å²) < 4.78 is 80.4. The second kappa shape index (κ2) is 7.12. The molecule has 0 fully saturated rings. The largest absolute Gasteiger partial charge is 0.466 e. The molecule has 0 aromatic heterocycles. The third-order valence-corrected chi connectivity index (χ3v) is 3.26. The first-order valence-electron chi connectivity index (χ1n) is 6.03. The van der Waals surface area contributed by atoms with Gasteiger partial charge in [-0.3, -0.25) is 4.79 Å². The predicted octanol–water partition coefficient (Wildman–Crippen LogP) is 4.29. The van der Waals surface area contributed by atoms with E-state index in [1.165, 1.54) is 13.0 Å². The Morgan fingerprint density at radius 3 is 2.30 bits per heavy atom. The summed E-state index contributed by atoms with van der Waals surface area (Å²) in [6.45, 7) is 1.41. The summed E-state index contributed by atoms with van der Waals surface area (Å²) in [7, 11) is 0. The standard InChI is InChI=1S/C13H9F6NO2S/c1-2-22-11(21)4-7-3-8(12(14,15)16)5-10(9(7)6-20)23-13(17,18)19/h3,5H,2,4H2,1H3. The maximum atomic E-state index is 12.8. The molecule has 0 aliphatic rings. The van der Waals surface area contributed by atoms with E-state index in [0.29, 0.717) is 6.07 Å². The zero-order valence-corrected chi connectivity index (χ0v) is 12.3. The summed E-state index contributed by atoms with van der Waals surface area (Å²) >= 11 is -0.838. The number of esters is 1. The number of ether oxygens (including phenoxy) is 1. The maximum absolute atomic E-state index is 12.8. The lowest BCUT2D eigenvalue weighted by molar-refractivity contribution is -0.142. The molecule has 0 bridgehead atoms. The maximum Gasteiger partial charge on any atom is 0.446 e. The van der Waals surface area contributed by atoms with Gasteiger partial charge in [0.05, 0.1) is 24.2 Å². The van der Waals surface area contributed by atoms with Gasteiger partial charge in [0.25, 0.3) is 0 Å². The van der Waals surface area contributed by atoms with Crippen LogP contribution in [0.1, 0.15) is 23.6 Å². The normalized spacial score (nSPS) is 11.9. The number of nitrogens with zero attached hydrogens (tertiary/aromatic N) is 1. The minimum atomic E-state index is -4.92. The van der Waals surface area contributed by atoms with Crippen LogP contribution >= 0.6 is 11.8 Å². The van der Waals surface area contributed by atoms with Crippen molar-refractivity contribution >= 4 is 17.7 Å². The Bertz CT molecular complexity index is 633. The van der Waals surface area contributed by atoms with E-state index in [9.17, 15) is 31.1 Å². The van der Waals surface area contributed by atoms with E-state index in [1.807, 2.05) is 0 Å². The molecule has 1 rings (SSSR count). The molecule has 1 aromatic carbocycles. The van der Waals surface area contributed by atoms with Gasteiger partial charge in [-0.15, -0.1) is 0 Å². The van der Waals surface area contributed by atoms with Crippen molar-refractivity contribution in [3.8, 4) is 6.07 Å². The van der Waals surface area contributed by atoms with Gasteiger partial charge < -0.3 is 4.74 Å². The van der Waals surface area contributed by atoms with E-state index >= 15 is 0 Å². The van der Waals surface area contributed by atoms with E-state index in [4.69, 9.17) is 5.26 Å². The Morgan fingerprint density at radius 2 is 1.87 bits per heavy atom. The second-order valence-electron chi connectivity index (χ2n) is 4.15. The number of halogens is 6. The molecule has 0 unspecified atom stereocenters. The van der Waals surface area contributed by atoms with Gasteiger partial charge in [0.1, 0.15) is 6.07 Å². The van der Waals surface area contributed by atoms with Crippen LogP contribution in [0.15, 0.2) is 17.0 Å². The molecule has 3 nitrogen and oxygen atoms in total. The van der Waals surface area contributed by atoms with Crippen LogP contribution in [-0.2, 0) is 22.1 Å². The molecule has 0 aliphatic heterocycles.